The fraction of sp³-hybridized carbons (Fsp3) is 0.250. The zero-order chi connectivity index (χ0) is 13.0. The van der Waals surface area contributed by atoms with Crippen molar-refractivity contribution < 1.29 is 5.11 Å². The van der Waals surface area contributed by atoms with Crippen LogP contribution in [0.5, 0.6) is 5.75 Å². The molecule has 0 aliphatic carbocycles. The van der Waals surface area contributed by atoms with Crippen molar-refractivity contribution in [3.63, 3.8) is 0 Å². The van der Waals surface area contributed by atoms with Crippen LogP contribution in [0.4, 0.5) is 11.4 Å². The summed E-state index contributed by atoms with van der Waals surface area (Å²) in [5.41, 5.74) is 3.60. The molecule has 2 aromatic carbocycles. The van der Waals surface area contributed by atoms with Gasteiger partial charge in [-0.1, -0.05) is 25.1 Å². The molecule has 0 saturated heterocycles. The van der Waals surface area contributed by atoms with Gasteiger partial charge in [-0.25, -0.2) is 0 Å². The zero-order valence-electron chi connectivity index (χ0n) is 10.9. The van der Waals surface area contributed by atoms with E-state index in [4.69, 9.17) is 0 Å². The van der Waals surface area contributed by atoms with Crippen molar-refractivity contribution in [2.75, 3.05) is 11.4 Å². The number of hydrogen-bond donors (Lipinski definition) is 1. The second-order valence-electron chi connectivity index (χ2n) is 4.45. The average molecular weight is 241 g/mol. The molecule has 2 aromatic rings. The topological polar surface area (TPSA) is 23.5 Å². The second-order valence-corrected chi connectivity index (χ2v) is 4.45. The number of anilines is 2. The molecule has 0 atom stereocenters. The number of nitrogens with zero attached hydrogens (tertiary/aromatic N) is 1. The SMILES string of the molecule is CCCN(c1ccc(O)cc1)c1ccccc1C. The first-order valence-corrected chi connectivity index (χ1v) is 6.34. The van der Waals surface area contributed by atoms with Crippen LogP contribution in [0.15, 0.2) is 48.5 Å². The number of aromatic hydroxyl groups is 1. The first kappa shape index (κ1) is 12.5. The number of para-hydroxylation sites is 1. The molecule has 18 heavy (non-hydrogen) atoms. The minimum absolute atomic E-state index is 0.306. The second kappa shape index (κ2) is 5.58. The summed E-state index contributed by atoms with van der Waals surface area (Å²) < 4.78 is 0. The molecule has 0 spiro atoms. The molecule has 0 bridgehead atoms. The lowest BCUT2D eigenvalue weighted by Crippen LogP contribution is -2.18. The predicted octanol–water partition coefficient (Wildman–Crippen LogP) is 4.25. The van der Waals surface area contributed by atoms with E-state index >= 15 is 0 Å². The summed E-state index contributed by atoms with van der Waals surface area (Å²) in [5, 5.41) is 9.37. The number of benzene rings is 2. The van der Waals surface area contributed by atoms with E-state index in [1.807, 2.05) is 12.1 Å². The Morgan fingerprint density at radius 3 is 2.28 bits per heavy atom. The molecule has 0 aliphatic rings. The van der Waals surface area contributed by atoms with E-state index in [0.717, 1.165) is 18.7 Å². The molecule has 2 rings (SSSR count). The molecule has 2 nitrogen and oxygen atoms in total. The fourth-order valence-electron chi connectivity index (χ4n) is 2.11. The van der Waals surface area contributed by atoms with Crippen molar-refractivity contribution in [3.8, 4) is 5.75 Å². The summed E-state index contributed by atoms with van der Waals surface area (Å²) in [6.07, 6.45) is 1.08. The van der Waals surface area contributed by atoms with Crippen LogP contribution in [0, 0.1) is 6.92 Å². The summed E-state index contributed by atoms with van der Waals surface area (Å²) in [4.78, 5) is 2.29. The van der Waals surface area contributed by atoms with Crippen molar-refractivity contribution in [1.82, 2.24) is 0 Å². The largest absolute Gasteiger partial charge is 0.508 e. The van der Waals surface area contributed by atoms with Crippen LogP contribution in [-0.4, -0.2) is 11.7 Å². The molecule has 0 aliphatic heterocycles. The van der Waals surface area contributed by atoms with Gasteiger partial charge in [-0.3, -0.25) is 0 Å². The molecule has 0 amide bonds. The van der Waals surface area contributed by atoms with Crippen LogP contribution in [0.1, 0.15) is 18.9 Å². The van der Waals surface area contributed by atoms with Crippen LogP contribution >= 0.6 is 0 Å². The Morgan fingerprint density at radius 1 is 1.00 bits per heavy atom. The van der Waals surface area contributed by atoms with Gasteiger partial charge < -0.3 is 10.0 Å². The lowest BCUT2D eigenvalue weighted by molar-refractivity contribution is 0.475. The van der Waals surface area contributed by atoms with E-state index in [1.54, 1.807) is 12.1 Å². The van der Waals surface area contributed by atoms with Gasteiger partial charge in [0, 0.05) is 17.9 Å². The van der Waals surface area contributed by atoms with Gasteiger partial charge in [-0.2, -0.15) is 0 Å². The first-order chi connectivity index (χ1) is 8.72. The Bertz CT molecular complexity index is 505. The van der Waals surface area contributed by atoms with Crippen LogP contribution in [0.25, 0.3) is 0 Å². The molecular weight excluding hydrogens is 222 g/mol. The van der Waals surface area contributed by atoms with Crippen molar-refractivity contribution in [2.45, 2.75) is 20.3 Å². The lowest BCUT2D eigenvalue weighted by Gasteiger charge is -2.26. The highest BCUT2D eigenvalue weighted by Gasteiger charge is 2.10. The van der Waals surface area contributed by atoms with Gasteiger partial charge in [0.25, 0.3) is 0 Å². The maximum Gasteiger partial charge on any atom is 0.115 e. The smallest absolute Gasteiger partial charge is 0.115 e. The maximum atomic E-state index is 9.37. The van der Waals surface area contributed by atoms with E-state index < -0.39 is 0 Å². The minimum atomic E-state index is 0.306. The standard InChI is InChI=1S/C16H19NO/c1-3-12-17(14-8-10-15(18)11-9-14)16-7-5-4-6-13(16)2/h4-11,18H,3,12H2,1-2H3. The first-order valence-electron chi connectivity index (χ1n) is 6.34. The number of phenols is 1. The molecule has 0 radical (unpaired) electrons. The van der Waals surface area contributed by atoms with Crippen molar-refractivity contribution in [1.29, 1.82) is 0 Å². The summed E-state index contributed by atoms with van der Waals surface area (Å²) >= 11 is 0. The molecule has 94 valence electrons. The quantitative estimate of drug-likeness (QED) is 0.865. The Hall–Kier alpha value is -1.96. The van der Waals surface area contributed by atoms with Crippen molar-refractivity contribution >= 4 is 11.4 Å². The zero-order valence-corrected chi connectivity index (χ0v) is 10.9. The van der Waals surface area contributed by atoms with Gasteiger partial charge in [0.1, 0.15) is 5.75 Å². The highest BCUT2D eigenvalue weighted by Crippen LogP contribution is 2.29. The summed E-state index contributed by atoms with van der Waals surface area (Å²) in [6.45, 7) is 5.26. The monoisotopic (exact) mass is 241 g/mol. The number of phenolic OH excluding ortho intramolecular Hbond substituents is 1. The summed E-state index contributed by atoms with van der Waals surface area (Å²) in [5.74, 6) is 0.306. The Balaban J connectivity index is 2.40. The molecule has 0 unspecified atom stereocenters. The highest BCUT2D eigenvalue weighted by molar-refractivity contribution is 5.66. The Kier molecular flexibility index (Phi) is 3.88. The van der Waals surface area contributed by atoms with Crippen LogP contribution in [-0.2, 0) is 0 Å². The molecule has 0 aromatic heterocycles. The number of aryl methyl sites for hydroxylation is 1. The minimum Gasteiger partial charge on any atom is -0.508 e. The van der Waals surface area contributed by atoms with Gasteiger partial charge in [0.15, 0.2) is 0 Å². The third-order valence-corrected chi connectivity index (χ3v) is 3.01. The van der Waals surface area contributed by atoms with Gasteiger partial charge in [0.2, 0.25) is 0 Å². The van der Waals surface area contributed by atoms with E-state index in [-0.39, 0.29) is 0 Å². The molecule has 0 fully saturated rings. The summed E-state index contributed by atoms with van der Waals surface area (Å²) in [6, 6.07) is 15.8. The maximum absolute atomic E-state index is 9.37. The molecule has 0 heterocycles. The van der Waals surface area contributed by atoms with Crippen molar-refractivity contribution in [3.05, 3.63) is 54.1 Å². The lowest BCUT2D eigenvalue weighted by atomic mass is 10.1. The van der Waals surface area contributed by atoms with E-state index in [0.29, 0.717) is 5.75 Å². The summed E-state index contributed by atoms with van der Waals surface area (Å²) in [7, 11) is 0. The molecule has 2 heteroatoms. The molecule has 1 N–H and O–H groups in total. The van der Waals surface area contributed by atoms with Gasteiger partial charge in [-0.15, -0.1) is 0 Å². The average Bonchev–Trinajstić information content (AvgIpc) is 2.38. The predicted molar refractivity (Wildman–Crippen MR) is 76.6 cm³/mol. The van der Waals surface area contributed by atoms with Crippen molar-refractivity contribution in [2.24, 2.45) is 0 Å². The Morgan fingerprint density at radius 2 is 1.67 bits per heavy atom. The fourth-order valence-corrected chi connectivity index (χ4v) is 2.11. The number of rotatable bonds is 4. The van der Waals surface area contributed by atoms with Gasteiger partial charge in [-0.05, 0) is 49.2 Å². The van der Waals surface area contributed by atoms with Gasteiger partial charge in [0.05, 0.1) is 0 Å². The molecule has 0 saturated carbocycles. The number of hydrogen-bond acceptors (Lipinski definition) is 2. The van der Waals surface area contributed by atoms with Gasteiger partial charge >= 0.3 is 0 Å². The van der Waals surface area contributed by atoms with E-state index in [1.165, 1.54) is 11.3 Å². The normalized spacial score (nSPS) is 10.3. The molecular formula is C16H19NO. The van der Waals surface area contributed by atoms with E-state index in [9.17, 15) is 5.11 Å². The third-order valence-electron chi connectivity index (χ3n) is 3.01. The van der Waals surface area contributed by atoms with Crippen LogP contribution in [0.2, 0.25) is 0 Å². The third kappa shape index (κ3) is 2.65. The Labute approximate surface area is 109 Å². The van der Waals surface area contributed by atoms with Crippen LogP contribution in [0.3, 0.4) is 0 Å². The van der Waals surface area contributed by atoms with E-state index in [2.05, 4.69) is 43.0 Å². The highest BCUT2D eigenvalue weighted by atomic mass is 16.3. The van der Waals surface area contributed by atoms with Crippen LogP contribution < -0.4 is 4.90 Å².